The van der Waals surface area contributed by atoms with E-state index in [1.807, 2.05) is 0 Å². The van der Waals surface area contributed by atoms with Gasteiger partial charge in [0.15, 0.2) is 0 Å². The Labute approximate surface area is 109 Å². The number of nitrogens with zero attached hydrogens (tertiary/aromatic N) is 1. The Bertz CT molecular complexity index is 388. The molecule has 1 aliphatic carbocycles. The third kappa shape index (κ3) is 2.87. The smallest absolute Gasteiger partial charge is 0.214 e. The van der Waals surface area contributed by atoms with E-state index in [9.17, 15) is 8.42 Å². The van der Waals surface area contributed by atoms with Crippen molar-refractivity contribution in [1.29, 1.82) is 0 Å². The zero-order chi connectivity index (χ0) is 12.6. The molecule has 0 spiro atoms. The maximum absolute atomic E-state index is 12.3. The van der Waals surface area contributed by atoms with E-state index in [0.717, 1.165) is 51.5 Å². The number of piperidine rings is 1. The van der Waals surface area contributed by atoms with Crippen LogP contribution in [0, 0.1) is 0 Å². The van der Waals surface area contributed by atoms with E-state index in [1.165, 1.54) is 12.8 Å². The summed E-state index contributed by atoms with van der Waals surface area (Å²) in [6.45, 7) is 3.62. The quantitative estimate of drug-likeness (QED) is 0.750. The van der Waals surface area contributed by atoms with Gasteiger partial charge in [-0.05, 0) is 45.2 Å². The molecule has 0 aromatic heterocycles. The average molecular weight is 273 g/mol. The predicted octanol–water partition coefficient (Wildman–Crippen LogP) is -0.105. The van der Waals surface area contributed by atoms with E-state index in [0.29, 0.717) is 0 Å². The first kappa shape index (κ1) is 12.8. The van der Waals surface area contributed by atoms with E-state index in [-0.39, 0.29) is 11.3 Å². The van der Waals surface area contributed by atoms with Crippen LogP contribution >= 0.6 is 0 Å². The van der Waals surface area contributed by atoms with Gasteiger partial charge in [0.2, 0.25) is 10.0 Å². The van der Waals surface area contributed by atoms with Gasteiger partial charge in [-0.25, -0.2) is 13.1 Å². The third-order valence-electron chi connectivity index (χ3n) is 4.34. The molecule has 1 atom stereocenters. The van der Waals surface area contributed by atoms with Crippen LogP contribution in [0.2, 0.25) is 0 Å². The largest absolute Gasteiger partial charge is 0.317 e. The molecule has 2 N–H and O–H groups in total. The van der Waals surface area contributed by atoms with Gasteiger partial charge in [-0.1, -0.05) is 0 Å². The zero-order valence-corrected chi connectivity index (χ0v) is 11.6. The summed E-state index contributed by atoms with van der Waals surface area (Å²) >= 11 is 0. The molecule has 0 bridgehead atoms. The Morgan fingerprint density at radius 2 is 1.78 bits per heavy atom. The number of likely N-dealkylation sites (tertiary alicyclic amines) is 1. The molecule has 3 aliphatic rings. The Morgan fingerprint density at radius 1 is 1.06 bits per heavy atom. The topological polar surface area (TPSA) is 61.4 Å². The second-order valence-corrected chi connectivity index (χ2v) is 7.82. The molecule has 3 fully saturated rings. The third-order valence-corrected chi connectivity index (χ3v) is 6.35. The Hall–Kier alpha value is -0.170. The summed E-state index contributed by atoms with van der Waals surface area (Å²) in [7, 11) is -3.11. The van der Waals surface area contributed by atoms with E-state index in [4.69, 9.17) is 0 Å². The molecule has 2 heterocycles. The zero-order valence-electron chi connectivity index (χ0n) is 10.8. The van der Waals surface area contributed by atoms with Gasteiger partial charge in [0.1, 0.15) is 0 Å². The minimum atomic E-state index is -3.11. The first-order valence-corrected chi connectivity index (χ1v) is 8.66. The van der Waals surface area contributed by atoms with Gasteiger partial charge in [-0.2, -0.15) is 0 Å². The summed E-state index contributed by atoms with van der Waals surface area (Å²) in [6, 6.07) is 0.892. The van der Waals surface area contributed by atoms with Crippen LogP contribution in [0.3, 0.4) is 0 Å². The fraction of sp³-hybridized carbons (Fsp3) is 1.00. The van der Waals surface area contributed by atoms with Gasteiger partial charge in [0.25, 0.3) is 0 Å². The van der Waals surface area contributed by atoms with Crippen LogP contribution in [-0.4, -0.2) is 56.8 Å². The summed E-state index contributed by atoms with van der Waals surface area (Å²) < 4.78 is 27.5. The molecule has 18 heavy (non-hydrogen) atoms. The monoisotopic (exact) mass is 273 g/mol. The van der Waals surface area contributed by atoms with Crippen molar-refractivity contribution in [3.8, 4) is 0 Å². The highest BCUT2D eigenvalue weighted by molar-refractivity contribution is 7.90. The molecule has 0 aromatic carbocycles. The summed E-state index contributed by atoms with van der Waals surface area (Å²) in [6.07, 6.45) is 5.06. The lowest BCUT2D eigenvalue weighted by molar-refractivity contribution is 0.321. The van der Waals surface area contributed by atoms with Gasteiger partial charge in [0.05, 0.1) is 5.25 Å². The van der Waals surface area contributed by atoms with Crippen molar-refractivity contribution in [3.63, 3.8) is 0 Å². The molecule has 0 amide bonds. The molecule has 5 nitrogen and oxygen atoms in total. The van der Waals surface area contributed by atoms with Crippen molar-refractivity contribution < 1.29 is 8.42 Å². The van der Waals surface area contributed by atoms with Crippen molar-refractivity contribution in [2.75, 3.05) is 26.2 Å². The lowest BCUT2D eigenvalue weighted by atomic mass is 10.2. The van der Waals surface area contributed by atoms with Crippen LogP contribution in [0.15, 0.2) is 0 Å². The summed E-state index contributed by atoms with van der Waals surface area (Å²) in [5, 5.41) is 3.02. The molecule has 0 radical (unpaired) electrons. The van der Waals surface area contributed by atoms with Crippen LogP contribution in [0.25, 0.3) is 0 Å². The van der Waals surface area contributed by atoms with Crippen LogP contribution in [0.5, 0.6) is 0 Å². The number of rotatable bonds is 4. The number of nitrogens with one attached hydrogen (secondary N) is 2. The molecule has 6 heteroatoms. The number of sulfonamides is 1. The Balaban J connectivity index is 1.54. The number of hydrogen-bond donors (Lipinski definition) is 2. The summed E-state index contributed by atoms with van der Waals surface area (Å²) in [4.78, 5) is 2.44. The molecular weight excluding hydrogens is 250 g/mol. The predicted molar refractivity (Wildman–Crippen MR) is 70.9 cm³/mol. The first-order valence-electron chi connectivity index (χ1n) is 7.11. The highest BCUT2D eigenvalue weighted by Crippen LogP contribution is 2.30. The summed E-state index contributed by atoms with van der Waals surface area (Å²) in [5.41, 5.74) is 0. The standard InChI is InChI=1S/C12H23N3O2S/c16-18(17,12-3-6-13-7-4-12)14-10-5-8-15(9-10)11-1-2-11/h10-14H,1-9H2. The molecular formula is C12H23N3O2S. The molecule has 0 aromatic rings. The van der Waals surface area contributed by atoms with Gasteiger partial charge < -0.3 is 5.32 Å². The molecule has 1 saturated carbocycles. The van der Waals surface area contributed by atoms with Crippen LogP contribution in [-0.2, 0) is 10.0 Å². The van der Waals surface area contributed by atoms with Crippen molar-refractivity contribution >= 4 is 10.0 Å². The SMILES string of the molecule is O=S(=O)(NC1CCN(C2CC2)C1)C1CCNCC1. The van der Waals surface area contributed by atoms with Crippen molar-refractivity contribution in [3.05, 3.63) is 0 Å². The first-order chi connectivity index (χ1) is 8.65. The minimum absolute atomic E-state index is 0.144. The molecule has 2 saturated heterocycles. The fourth-order valence-electron chi connectivity index (χ4n) is 3.09. The average Bonchev–Trinajstić information content (AvgIpc) is 3.12. The van der Waals surface area contributed by atoms with Gasteiger partial charge >= 0.3 is 0 Å². The normalized spacial score (nSPS) is 31.9. The molecule has 3 rings (SSSR count). The number of hydrogen-bond acceptors (Lipinski definition) is 4. The van der Waals surface area contributed by atoms with E-state index >= 15 is 0 Å². The maximum atomic E-state index is 12.3. The Kier molecular flexibility index (Phi) is 3.62. The van der Waals surface area contributed by atoms with E-state index in [2.05, 4.69) is 14.9 Å². The van der Waals surface area contributed by atoms with E-state index < -0.39 is 10.0 Å². The molecule has 2 aliphatic heterocycles. The van der Waals surface area contributed by atoms with Gasteiger partial charge in [0, 0.05) is 25.2 Å². The highest BCUT2D eigenvalue weighted by atomic mass is 32.2. The second kappa shape index (κ2) is 5.07. The van der Waals surface area contributed by atoms with Crippen molar-refractivity contribution in [2.24, 2.45) is 0 Å². The van der Waals surface area contributed by atoms with Crippen LogP contribution in [0.4, 0.5) is 0 Å². The highest BCUT2D eigenvalue weighted by Gasteiger charge is 2.37. The maximum Gasteiger partial charge on any atom is 0.214 e. The van der Waals surface area contributed by atoms with Crippen LogP contribution < -0.4 is 10.0 Å². The van der Waals surface area contributed by atoms with Crippen molar-refractivity contribution in [2.45, 2.75) is 49.4 Å². The molecule has 1 unspecified atom stereocenters. The molecule has 104 valence electrons. The van der Waals surface area contributed by atoms with Crippen molar-refractivity contribution in [1.82, 2.24) is 14.9 Å². The van der Waals surface area contributed by atoms with Gasteiger partial charge in [-0.15, -0.1) is 0 Å². The second-order valence-electron chi connectivity index (χ2n) is 5.82. The lowest BCUT2D eigenvalue weighted by Crippen LogP contribution is -2.46. The summed E-state index contributed by atoms with van der Waals surface area (Å²) in [5.74, 6) is 0. The van der Waals surface area contributed by atoms with E-state index in [1.54, 1.807) is 0 Å². The van der Waals surface area contributed by atoms with Crippen LogP contribution in [0.1, 0.15) is 32.1 Å². The Morgan fingerprint density at radius 3 is 2.44 bits per heavy atom. The van der Waals surface area contributed by atoms with Gasteiger partial charge in [-0.3, -0.25) is 4.90 Å². The minimum Gasteiger partial charge on any atom is -0.317 e. The lowest BCUT2D eigenvalue weighted by Gasteiger charge is -2.25. The fourth-order valence-corrected chi connectivity index (χ4v) is 4.79.